The van der Waals surface area contributed by atoms with Crippen LogP contribution in [0.1, 0.15) is 69.4 Å². The normalized spacial score (nSPS) is 15.8. The van der Waals surface area contributed by atoms with Gasteiger partial charge in [-0.25, -0.2) is 4.98 Å². The quantitative estimate of drug-likeness (QED) is 0.176. The Hall–Kier alpha value is -2.19. The SMILES string of the molecule is CC(C)(C)c1cc(Cn2ccnc2)cc([Si](C)(C)C)c1.CC(C)(C)c1ccc(CN2CCN(CCP(C)(C)=O)CC2)c(C(F)(F)F)c1. The van der Waals surface area contributed by atoms with Gasteiger partial charge in [0.05, 0.1) is 27.1 Å². The molecule has 1 saturated heterocycles. The van der Waals surface area contributed by atoms with E-state index in [0.29, 0.717) is 23.8 Å². The first kappa shape index (κ1) is 39.2. The molecule has 10 heteroatoms. The summed E-state index contributed by atoms with van der Waals surface area (Å²) < 4.78 is 54.8. The fourth-order valence-corrected chi connectivity index (χ4v) is 7.45. The average Bonchev–Trinajstić information content (AvgIpc) is 3.43. The van der Waals surface area contributed by atoms with Crippen LogP contribution in [-0.2, 0) is 34.7 Å². The molecular formula is C37H58F3N4OPSi. The molecule has 1 aliphatic rings. The summed E-state index contributed by atoms with van der Waals surface area (Å²) in [6, 6.07) is 11.9. The zero-order valence-corrected chi connectivity index (χ0v) is 32.5. The van der Waals surface area contributed by atoms with Crippen molar-refractivity contribution in [1.82, 2.24) is 19.4 Å². The fraction of sp³-hybridized carbons (Fsp3) is 0.595. The number of benzene rings is 2. The fourth-order valence-electron chi connectivity index (χ4n) is 5.48. The molecule has 0 amide bonds. The lowest BCUT2D eigenvalue weighted by atomic mass is 9.85. The van der Waals surface area contributed by atoms with Gasteiger partial charge in [0.25, 0.3) is 0 Å². The average molecular weight is 691 g/mol. The van der Waals surface area contributed by atoms with Crippen molar-refractivity contribution in [2.75, 3.05) is 52.2 Å². The van der Waals surface area contributed by atoms with Crippen LogP contribution in [-0.4, -0.2) is 79.6 Å². The second-order valence-corrected chi connectivity index (χ2v) is 25.4. The molecular weight excluding hydrogens is 632 g/mol. The molecule has 1 fully saturated rings. The van der Waals surface area contributed by atoms with Gasteiger partial charge in [-0.15, -0.1) is 0 Å². The predicted octanol–water partition coefficient (Wildman–Crippen LogP) is 8.52. The summed E-state index contributed by atoms with van der Waals surface area (Å²) >= 11 is 0. The Balaban J connectivity index is 0.000000267. The van der Waals surface area contributed by atoms with E-state index in [9.17, 15) is 17.7 Å². The van der Waals surface area contributed by atoms with Crippen molar-refractivity contribution < 1.29 is 17.7 Å². The first-order chi connectivity index (χ1) is 21.4. The Bertz CT molecular complexity index is 1460. The maximum Gasteiger partial charge on any atom is 0.416 e. The van der Waals surface area contributed by atoms with E-state index < -0.39 is 27.0 Å². The minimum Gasteiger partial charge on any atom is -0.333 e. The van der Waals surface area contributed by atoms with Gasteiger partial charge >= 0.3 is 6.18 Å². The molecule has 1 aromatic heterocycles. The van der Waals surface area contributed by atoms with Crippen molar-refractivity contribution in [3.05, 3.63) is 82.9 Å². The van der Waals surface area contributed by atoms with E-state index in [1.165, 1.54) is 17.2 Å². The molecule has 0 unspecified atom stereocenters. The first-order valence-corrected chi connectivity index (χ1v) is 23.0. The first-order valence-electron chi connectivity index (χ1n) is 16.7. The molecule has 4 rings (SSSR count). The Labute approximate surface area is 283 Å². The molecule has 5 nitrogen and oxygen atoms in total. The minimum atomic E-state index is -4.35. The molecule has 262 valence electrons. The number of rotatable bonds is 8. The van der Waals surface area contributed by atoms with Crippen molar-refractivity contribution in [2.45, 2.75) is 91.3 Å². The molecule has 0 atom stereocenters. The summed E-state index contributed by atoms with van der Waals surface area (Å²) in [5.74, 6) is 0. The van der Waals surface area contributed by atoms with E-state index in [4.69, 9.17) is 0 Å². The van der Waals surface area contributed by atoms with E-state index in [1.807, 2.05) is 45.6 Å². The van der Waals surface area contributed by atoms with E-state index in [1.54, 1.807) is 24.6 Å². The zero-order chi connectivity index (χ0) is 35.4. The summed E-state index contributed by atoms with van der Waals surface area (Å²) in [6.07, 6.45) is 2.10. The van der Waals surface area contributed by atoms with Crippen LogP contribution >= 0.6 is 7.14 Å². The Kier molecular flexibility index (Phi) is 12.6. The lowest BCUT2D eigenvalue weighted by Crippen LogP contribution is -2.46. The van der Waals surface area contributed by atoms with Gasteiger partial charge in [0.1, 0.15) is 0 Å². The van der Waals surface area contributed by atoms with E-state index in [2.05, 4.69) is 78.0 Å². The third-order valence-electron chi connectivity index (χ3n) is 8.74. The third-order valence-corrected chi connectivity index (χ3v) is 12.0. The van der Waals surface area contributed by atoms with E-state index in [-0.39, 0.29) is 10.8 Å². The largest absolute Gasteiger partial charge is 0.416 e. The van der Waals surface area contributed by atoms with E-state index in [0.717, 1.165) is 39.3 Å². The number of hydrogen-bond acceptors (Lipinski definition) is 4. The molecule has 0 aliphatic carbocycles. The van der Waals surface area contributed by atoms with Crippen LogP contribution in [0, 0.1) is 0 Å². The van der Waals surface area contributed by atoms with Gasteiger partial charge in [-0.05, 0) is 52.5 Å². The summed E-state index contributed by atoms with van der Waals surface area (Å²) in [6.45, 7) is 28.6. The van der Waals surface area contributed by atoms with Gasteiger partial charge in [-0.1, -0.05) is 96.7 Å². The lowest BCUT2D eigenvalue weighted by molar-refractivity contribution is -0.138. The molecule has 2 aromatic carbocycles. The highest BCUT2D eigenvalue weighted by Gasteiger charge is 2.35. The van der Waals surface area contributed by atoms with Gasteiger partial charge < -0.3 is 14.0 Å². The number of piperazine rings is 1. The van der Waals surface area contributed by atoms with E-state index >= 15 is 0 Å². The number of alkyl halides is 3. The standard InChI is InChI=1S/C20H32F3N2OP.C17H26N2Si/c1-19(2,3)17-7-6-16(18(14-17)20(21,22)23)15-25-10-8-24(9-11-25)12-13-27(4,5)26;1-17(2,3)15-9-14(12-19-8-7-18-13-19)10-16(11-15)20(4,5)6/h6-7,14H,8-13,15H2,1-5H3;7-11,13H,12H2,1-6H3. The molecule has 0 bridgehead atoms. The molecule has 0 N–H and O–H groups in total. The molecule has 3 aromatic rings. The summed E-state index contributed by atoms with van der Waals surface area (Å²) in [7, 11) is -3.33. The van der Waals surface area contributed by atoms with Crippen LogP contribution < -0.4 is 5.19 Å². The number of nitrogens with zero attached hydrogens (tertiary/aromatic N) is 4. The van der Waals surface area contributed by atoms with Crippen LogP contribution in [0.3, 0.4) is 0 Å². The van der Waals surface area contributed by atoms with Crippen molar-refractivity contribution in [3.8, 4) is 0 Å². The van der Waals surface area contributed by atoms with Gasteiger partial charge in [-0.3, -0.25) is 4.90 Å². The van der Waals surface area contributed by atoms with Crippen molar-refractivity contribution in [3.63, 3.8) is 0 Å². The highest BCUT2D eigenvalue weighted by atomic mass is 31.2. The van der Waals surface area contributed by atoms with Crippen LogP contribution in [0.25, 0.3) is 0 Å². The second-order valence-electron chi connectivity index (χ2n) is 16.7. The molecule has 2 heterocycles. The summed E-state index contributed by atoms with van der Waals surface area (Å²) in [4.78, 5) is 8.46. The highest BCUT2D eigenvalue weighted by molar-refractivity contribution is 7.62. The summed E-state index contributed by atoms with van der Waals surface area (Å²) in [5, 5.41) is 1.54. The second kappa shape index (κ2) is 15.1. The Morgan fingerprint density at radius 2 is 1.40 bits per heavy atom. The molecule has 47 heavy (non-hydrogen) atoms. The Morgan fingerprint density at radius 1 is 0.809 bits per heavy atom. The minimum absolute atomic E-state index is 0.194. The number of hydrogen-bond donors (Lipinski definition) is 0. The molecule has 0 spiro atoms. The number of halogens is 3. The van der Waals surface area contributed by atoms with Crippen LogP contribution in [0.4, 0.5) is 13.2 Å². The van der Waals surface area contributed by atoms with Gasteiger partial charge in [0.2, 0.25) is 0 Å². The van der Waals surface area contributed by atoms with Crippen LogP contribution in [0.15, 0.2) is 55.1 Å². The maximum atomic E-state index is 13.6. The zero-order valence-electron chi connectivity index (χ0n) is 30.6. The molecule has 0 radical (unpaired) electrons. The summed E-state index contributed by atoms with van der Waals surface area (Å²) in [5.41, 5.74) is 3.22. The maximum absolute atomic E-state index is 13.6. The van der Waals surface area contributed by atoms with Crippen molar-refractivity contribution in [2.24, 2.45) is 0 Å². The smallest absolute Gasteiger partial charge is 0.333 e. The monoisotopic (exact) mass is 690 g/mol. The predicted molar refractivity (Wildman–Crippen MR) is 196 cm³/mol. The van der Waals surface area contributed by atoms with Gasteiger partial charge in [0, 0.05) is 64.4 Å². The van der Waals surface area contributed by atoms with Crippen molar-refractivity contribution >= 4 is 20.4 Å². The Morgan fingerprint density at radius 3 is 1.89 bits per heavy atom. The van der Waals surface area contributed by atoms with Crippen LogP contribution in [0.5, 0.6) is 0 Å². The lowest BCUT2D eigenvalue weighted by Gasteiger charge is -2.35. The van der Waals surface area contributed by atoms with Gasteiger partial charge in [-0.2, -0.15) is 13.2 Å². The van der Waals surface area contributed by atoms with Crippen LogP contribution in [0.2, 0.25) is 19.6 Å². The topological polar surface area (TPSA) is 41.4 Å². The molecule has 0 saturated carbocycles. The number of imidazole rings is 1. The third kappa shape index (κ3) is 12.6. The van der Waals surface area contributed by atoms with Crippen molar-refractivity contribution in [1.29, 1.82) is 0 Å². The highest BCUT2D eigenvalue weighted by Crippen LogP contribution is 2.37. The molecule has 1 aliphatic heterocycles. The number of aromatic nitrogens is 2. The van der Waals surface area contributed by atoms with Gasteiger partial charge in [0.15, 0.2) is 0 Å².